The van der Waals surface area contributed by atoms with Crippen LogP contribution in [0.15, 0.2) is 24.3 Å². The maximum absolute atomic E-state index is 13.6. The van der Waals surface area contributed by atoms with Crippen molar-refractivity contribution < 1.29 is 4.39 Å². The average Bonchev–Trinajstić information content (AvgIpc) is 2.59. The van der Waals surface area contributed by atoms with E-state index in [0.717, 1.165) is 19.3 Å². The van der Waals surface area contributed by atoms with Crippen molar-refractivity contribution >= 4 is 5.69 Å². The number of halogens is 1. The molecule has 2 nitrogen and oxygen atoms in total. The fourth-order valence-electron chi connectivity index (χ4n) is 2.85. The van der Waals surface area contributed by atoms with E-state index in [9.17, 15) is 4.39 Å². The normalized spacial score (nSPS) is 27.1. The van der Waals surface area contributed by atoms with Crippen LogP contribution in [0.25, 0.3) is 0 Å². The van der Waals surface area contributed by atoms with Gasteiger partial charge in [-0.15, -0.1) is 0 Å². The van der Waals surface area contributed by atoms with Gasteiger partial charge >= 0.3 is 0 Å². The van der Waals surface area contributed by atoms with Gasteiger partial charge in [0.1, 0.15) is 5.82 Å². The monoisotopic (exact) mass is 236 g/mol. The maximum Gasteiger partial charge on any atom is 0.146 e. The highest BCUT2D eigenvalue weighted by Gasteiger charge is 2.42. The molecule has 0 aliphatic heterocycles. The summed E-state index contributed by atoms with van der Waals surface area (Å²) in [5.74, 6) is -0.204. The fraction of sp³-hybridized carbons (Fsp3) is 0.571. The van der Waals surface area contributed by atoms with Crippen molar-refractivity contribution in [2.45, 2.75) is 38.6 Å². The van der Waals surface area contributed by atoms with Gasteiger partial charge in [0.2, 0.25) is 0 Å². The number of rotatable bonds is 3. The molecule has 1 aliphatic rings. The van der Waals surface area contributed by atoms with Crippen LogP contribution in [0.4, 0.5) is 10.1 Å². The lowest BCUT2D eigenvalue weighted by atomic mass is 9.87. The van der Waals surface area contributed by atoms with Crippen LogP contribution >= 0.6 is 0 Å². The third-order valence-electron chi connectivity index (χ3n) is 3.76. The van der Waals surface area contributed by atoms with Crippen molar-refractivity contribution in [3.63, 3.8) is 0 Å². The van der Waals surface area contributed by atoms with Crippen molar-refractivity contribution in [2.75, 3.05) is 11.9 Å². The van der Waals surface area contributed by atoms with E-state index in [1.54, 1.807) is 12.1 Å². The lowest BCUT2D eigenvalue weighted by molar-refractivity contribution is 0.351. The maximum atomic E-state index is 13.6. The van der Waals surface area contributed by atoms with Gasteiger partial charge in [0, 0.05) is 6.54 Å². The number of para-hydroxylation sites is 1. The molecule has 0 amide bonds. The Morgan fingerprint density at radius 1 is 1.29 bits per heavy atom. The van der Waals surface area contributed by atoms with Gasteiger partial charge in [-0.2, -0.15) is 0 Å². The summed E-state index contributed by atoms with van der Waals surface area (Å²) in [6, 6.07) is 6.80. The zero-order valence-electron chi connectivity index (χ0n) is 10.6. The second kappa shape index (κ2) is 4.30. The first-order chi connectivity index (χ1) is 7.96. The van der Waals surface area contributed by atoms with E-state index in [-0.39, 0.29) is 16.8 Å². The molecule has 3 N–H and O–H groups in total. The number of benzene rings is 1. The minimum atomic E-state index is -0.204. The SMILES string of the molecule is CC1(C)CCC(CN)(Nc2ccccc2F)C1. The van der Waals surface area contributed by atoms with Crippen LogP contribution in [0.5, 0.6) is 0 Å². The molecule has 1 atom stereocenters. The van der Waals surface area contributed by atoms with Gasteiger partial charge in [0.05, 0.1) is 11.2 Å². The lowest BCUT2D eigenvalue weighted by Gasteiger charge is -2.32. The summed E-state index contributed by atoms with van der Waals surface area (Å²) in [6.45, 7) is 5.03. The van der Waals surface area contributed by atoms with E-state index in [4.69, 9.17) is 5.73 Å². The van der Waals surface area contributed by atoms with Gasteiger partial charge < -0.3 is 11.1 Å². The third kappa shape index (κ3) is 2.60. The minimum absolute atomic E-state index is 0.147. The Labute approximate surface area is 102 Å². The van der Waals surface area contributed by atoms with E-state index >= 15 is 0 Å². The summed E-state index contributed by atoms with van der Waals surface area (Å²) in [4.78, 5) is 0. The molecule has 3 heteroatoms. The van der Waals surface area contributed by atoms with Crippen LogP contribution in [0.3, 0.4) is 0 Å². The first kappa shape index (κ1) is 12.4. The Morgan fingerprint density at radius 2 is 2.00 bits per heavy atom. The van der Waals surface area contributed by atoms with E-state index < -0.39 is 0 Å². The molecule has 1 fully saturated rings. The minimum Gasteiger partial charge on any atom is -0.376 e. The van der Waals surface area contributed by atoms with E-state index in [2.05, 4.69) is 19.2 Å². The van der Waals surface area contributed by atoms with Crippen molar-refractivity contribution in [2.24, 2.45) is 11.1 Å². The van der Waals surface area contributed by atoms with Gasteiger partial charge in [-0.3, -0.25) is 0 Å². The Hall–Kier alpha value is -1.09. The zero-order chi connectivity index (χ0) is 12.5. The quantitative estimate of drug-likeness (QED) is 0.846. The van der Waals surface area contributed by atoms with Gasteiger partial charge in [-0.25, -0.2) is 4.39 Å². The molecule has 0 saturated heterocycles. The van der Waals surface area contributed by atoms with E-state index in [1.807, 2.05) is 6.07 Å². The standard InChI is InChI=1S/C14H21FN2/c1-13(2)7-8-14(9-13,10-16)17-12-6-4-3-5-11(12)15/h3-6,17H,7-10,16H2,1-2H3. The largest absolute Gasteiger partial charge is 0.376 e. The highest BCUT2D eigenvalue weighted by atomic mass is 19.1. The molecule has 1 aromatic carbocycles. The number of nitrogens with one attached hydrogen (secondary N) is 1. The van der Waals surface area contributed by atoms with E-state index in [1.165, 1.54) is 6.07 Å². The molecule has 17 heavy (non-hydrogen) atoms. The molecule has 94 valence electrons. The molecule has 0 heterocycles. The predicted octanol–water partition coefficient (Wildman–Crippen LogP) is 3.15. The van der Waals surface area contributed by atoms with Crippen LogP contribution in [0, 0.1) is 11.2 Å². The predicted molar refractivity (Wildman–Crippen MR) is 69.4 cm³/mol. The van der Waals surface area contributed by atoms with Gasteiger partial charge in [-0.1, -0.05) is 26.0 Å². The van der Waals surface area contributed by atoms with Crippen LogP contribution in [0.2, 0.25) is 0 Å². The molecule has 1 aromatic rings. The second-order valence-electron chi connectivity index (χ2n) is 5.93. The summed E-state index contributed by atoms with van der Waals surface area (Å²) in [5.41, 5.74) is 6.61. The molecule has 1 unspecified atom stereocenters. The van der Waals surface area contributed by atoms with Crippen molar-refractivity contribution in [1.29, 1.82) is 0 Å². The number of hydrogen-bond acceptors (Lipinski definition) is 2. The Morgan fingerprint density at radius 3 is 2.53 bits per heavy atom. The Kier molecular flexibility index (Phi) is 3.13. The van der Waals surface area contributed by atoms with Crippen LogP contribution in [0.1, 0.15) is 33.1 Å². The first-order valence-electron chi connectivity index (χ1n) is 6.19. The van der Waals surface area contributed by atoms with Crippen LogP contribution in [-0.4, -0.2) is 12.1 Å². The van der Waals surface area contributed by atoms with Gasteiger partial charge in [0.15, 0.2) is 0 Å². The van der Waals surface area contributed by atoms with Crippen molar-refractivity contribution in [3.05, 3.63) is 30.1 Å². The highest BCUT2D eigenvalue weighted by molar-refractivity contribution is 5.47. The Balaban J connectivity index is 2.19. The number of nitrogens with two attached hydrogens (primary N) is 1. The molecule has 1 aliphatic carbocycles. The van der Waals surface area contributed by atoms with Crippen molar-refractivity contribution in [3.8, 4) is 0 Å². The van der Waals surface area contributed by atoms with Crippen LogP contribution in [-0.2, 0) is 0 Å². The summed E-state index contributed by atoms with van der Waals surface area (Å²) in [6.07, 6.45) is 3.13. The second-order valence-corrected chi connectivity index (χ2v) is 5.93. The topological polar surface area (TPSA) is 38.0 Å². The van der Waals surface area contributed by atoms with Crippen LogP contribution < -0.4 is 11.1 Å². The molecule has 0 spiro atoms. The fourth-order valence-corrected chi connectivity index (χ4v) is 2.85. The Bertz CT molecular complexity index is 403. The van der Waals surface area contributed by atoms with Gasteiger partial charge in [0.25, 0.3) is 0 Å². The molecule has 0 aromatic heterocycles. The summed E-state index contributed by atoms with van der Waals surface area (Å²) in [5, 5.41) is 3.33. The highest BCUT2D eigenvalue weighted by Crippen LogP contribution is 2.44. The molecule has 0 radical (unpaired) electrons. The molecular weight excluding hydrogens is 215 g/mol. The first-order valence-corrected chi connectivity index (χ1v) is 6.19. The van der Waals surface area contributed by atoms with E-state index in [0.29, 0.717) is 12.2 Å². The van der Waals surface area contributed by atoms with Crippen molar-refractivity contribution in [1.82, 2.24) is 0 Å². The molecule has 1 saturated carbocycles. The molecule has 0 bridgehead atoms. The number of anilines is 1. The summed E-state index contributed by atoms with van der Waals surface area (Å²) >= 11 is 0. The summed E-state index contributed by atoms with van der Waals surface area (Å²) < 4.78 is 13.6. The lowest BCUT2D eigenvalue weighted by Crippen LogP contribution is -2.44. The number of hydrogen-bond donors (Lipinski definition) is 2. The molecule has 2 rings (SSSR count). The average molecular weight is 236 g/mol. The third-order valence-corrected chi connectivity index (χ3v) is 3.76. The molecular formula is C14H21FN2. The van der Waals surface area contributed by atoms with Gasteiger partial charge in [-0.05, 0) is 36.8 Å². The smallest absolute Gasteiger partial charge is 0.146 e. The zero-order valence-corrected chi connectivity index (χ0v) is 10.6. The summed E-state index contributed by atoms with van der Waals surface area (Å²) in [7, 11) is 0.